The van der Waals surface area contributed by atoms with Gasteiger partial charge in [-0.05, 0) is 32.0 Å². The first kappa shape index (κ1) is 19.6. The van der Waals surface area contributed by atoms with Gasteiger partial charge in [0.1, 0.15) is 0 Å². The molecule has 0 aliphatic rings. The second-order valence-electron chi connectivity index (χ2n) is 7.33. The summed E-state index contributed by atoms with van der Waals surface area (Å²) in [5, 5.41) is 8.38. The molecule has 0 amide bonds. The Morgan fingerprint density at radius 2 is 1.69 bits per heavy atom. The van der Waals surface area contributed by atoms with Crippen LogP contribution in [0.3, 0.4) is 0 Å². The summed E-state index contributed by atoms with van der Waals surface area (Å²) in [5.74, 6) is 0.0794. The number of nitrogens with zero attached hydrogens (tertiary/aromatic N) is 4. The van der Waals surface area contributed by atoms with Gasteiger partial charge in [0.25, 0.3) is 11.6 Å². The van der Waals surface area contributed by atoms with Crippen molar-refractivity contribution in [2.75, 3.05) is 0 Å². The van der Waals surface area contributed by atoms with E-state index >= 15 is 0 Å². The van der Waals surface area contributed by atoms with Crippen LogP contribution in [0.1, 0.15) is 27.4 Å². The monoisotopic (exact) mass is 426 g/mol. The van der Waals surface area contributed by atoms with Crippen LogP contribution in [0.15, 0.2) is 69.7 Å². The lowest BCUT2D eigenvalue weighted by atomic mass is 10.1. The number of carbonyl (C=O) groups excluding carboxylic acids is 1. The molecule has 8 nitrogen and oxygen atoms in total. The third kappa shape index (κ3) is 3.74. The lowest BCUT2D eigenvalue weighted by molar-refractivity contribution is 0.0462. The summed E-state index contributed by atoms with van der Waals surface area (Å²) in [5.41, 5.74) is 4.50. The third-order valence-electron chi connectivity index (χ3n) is 5.01. The Morgan fingerprint density at radius 1 is 0.906 bits per heavy atom. The second kappa shape index (κ2) is 8.07. The smallest absolute Gasteiger partial charge is 0.339 e. The molecular weight excluding hydrogens is 408 g/mol. The first-order valence-corrected chi connectivity index (χ1v) is 9.97. The lowest BCUT2D eigenvalue weighted by Crippen LogP contribution is -2.08. The molecule has 0 spiro atoms. The van der Waals surface area contributed by atoms with Crippen molar-refractivity contribution in [3.05, 3.63) is 83.3 Å². The summed E-state index contributed by atoms with van der Waals surface area (Å²) >= 11 is 0. The molecule has 158 valence electrons. The predicted molar refractivity (Wildman–Crippen MR) is 116 cm³/mol. The minimum atomic E-state index is -0.553. The number of rotatable bonds is 5. The molecule has 0 N–H and O–H groups in total. The zero-order valence-corrected chi connectivity index (χ0v) is 17.4. The summed E-state index contributed by atoms with van der Waals surface area (Å²) in [4.78, 5) is 21.8. The molecule has 0 fully saturated rings. The summed E-state index contributed by atoms with van der Waals surface area (Å²) in [7, 11) is 0. The number of carbonyl (C=O) groups is 1. The number of pyridine rings is 1. The van der Waals surface area contributed by atoms with E-state index in [0.29, 0.717) is 28.2 Å². The van der Waals surface area contributed by atoms with Gasteiger partial charge >= 0.3 is 5.97 Å². The van der Waals surface area contributed by atoms with E-state index in [1.807, 2.05) is 61.5 Å². The molecule has 0 bridgehead atoms. The van der Waals surface area contributed by atoms with E-state index in [9.17, 15) is 4.79 Å². The average Bonchev–Trinajstić information content (AvgIpc) is 3.45. The zero-order valence-electron chi connectivity index (χ0n) is 17.4. The Hall–Kier alpha value is -4.33. The molecule has 3 aromatic heterocycles. The molecule has 0 atom stereocenters. The molecular formula is C24H18N4O4. The van der Waals surface area contributed by atoms with Crippen LogP contribution in [0.5, 0.6) is 0 Å². The van der Waals surface area contributed by atoms with E-state index in [0.717, 1.165) is 16.7 Å². The van der Waals surface area contributed by atoms with Crippen LogP contribution in [0, 0.1) is 13.8 Å². The maximum atomic E-state index is 13.0. The average molecular weight is 426 g/mol. The Bertz CT molecular complexity index is 1410. The highest BCUT2D eigenvalue weighted by Gasteiger charge is 2.21. The molecule has 3 heterocycles. The van der Waals surface area contributed by atoms with E-state index in [-0.39, 0.29) is 18.1 Å². The minimum absolute atomic E-state index is 0.136. The van der Waals surface area contributed by atoms with Crippen molar-refractivity contribution in [1.82, 2.24) is 20.3 Å². The van der Waals surface area contributed by atoms with Gasteiger partial charge in [-0.3, -0.25) is 0 Å². The van der Waals surface area contributed by atoms with Crippen molar-refractivity contribution in [1.29, 1.82) is 0 Å². The highest BCUT2D eigenvalue weighted by molar-refractivity contribution is 6.04. The van der Waals surface area contributed by atoms with Crippen LogP contribution in [0.25, 0.3) is 33.8 Å². The van der Waals surface area contributed by atoms with E-state index in [1.165, 1.54) is 0 Å². The molecule has 0 unspecified atom stereocenters. The molecule has 5 aromatic rings. The molecule has 0 aliphatic heterocycles. The van der Waals surface area contributed by atoms with Gasteiger partial charge in [0, 0.05) is 11.1 Å². The third-order valence-corrected chi connectivity index (χ3v) is 5.01. The lowest BCUT2D eigenvalue weighted by Gasteiger charge is -2.06. The highest BCUT2D eigenvalue weighted by atomic mass is 16.5. The van der Waals surface area contributed by atoms with Crippen LogP contribution >= 0.6 is 0 Å². The Kier molecular flexibility index (Phi) is 4.95. The molecule has 0 aliphatic carbocycles. The fraction of sp³-hybridized carbons (Fsp3) is 0.125. The maximum Gasteiger partial charge on any atom is 0.339 e. The fourth-order valence-electron chi connectivity index (χ4n) is 3.35. The maximum absolute atomic E-state index is 13.0. The van der Waals surface area contributed by atoms with E-state index in [4.69, 9.17) is 13.8 Å². The van der Waals surface area contributed by atoms with E-state index < -0.39 is 5.97 Å². The summed E-state index contributed by atoms with van der Waals surface area (Å²) < 4.78 is 16.1. The molecule has 5 rings (SSSR count). The molecule has 32 heavy (non-hydrogen) atoms. The summed E-state index contributed by atoms with van der Waals surface area (Å²) in [6.07, 6.45) is 0. The van der Waals surface area contributed by atoms with Gasteiger partial charge < -0.3 is 13.8 Å². The van der Waals surface area contributed by atoms with Gasteiger partial charge in [-0.15, -0.1) is 0 Å². The number of aromatic nitrogens is 4. The number of benzene rings is 2. The van der Waals surface area contributed by atoms with E-state index in [1.54, 1.807) is 13.0 Å². The zero-order chi connectivity index (χ0) is 22.1. The van der Waals surface area contributed by atoms with Gasteiger partial charge in [0.15, 0.2) is 6.61 Å². The fourth-order valence-corrected chi connectivity index (χ4v) is 3.35. The number of hydrogen-bond donors (Lipinski definition) is 0. The topological polar surface area (TPSA) is 104 Å². The van der Waals surface area contributed by atoms with Gasteiger partial charge in [0.05, 0.1) is 22.3 Å². The number of hydrogen-bond acceptors (Lipinski definition) is 8. The molecule has 0 saturated heterocycles. The van der Waals surface area contributed by atoms with Crippen molar-refractivity contribution in [3.8, 4) is 22.7 Å². The SMILES string of the molecule is Cc1ccc(-c2nc(COC(=O)c3cc(-c4ccccc4)nc4onc(C)c34)no2)cc1. The Morgan fingerprint density at radius 3 is 2.47 bits per heavy atom. The number of esters is 1. The number of aryl methyl sites for hydroxylation is 2. The Balaban J connectivity index is 1.40. The van der Waals surface area contributed by atoms with Gasteiger partial charge in [0.2, 0.25) is 5.82 Å². The minimum Gasteiger partial charge on any atom is -0.454 e. The van der Waals surface area contributed by atoms with Crippen molar-refractivity contribution < 1.29 is 18.6 Å². The standard InChI is InChI=1S/C24H18N4O4/c1-14-8-10-17(11-9-14)22-26-20(28-31-22)13-30-24(29)18-12-19(16-6-4-3-5-7-16)25-23-21(18)15(2)27-32-23/h3-12H,13H2,1-2H3. The van der Waals surface area contributed by atoms with Crippen molar-refractivity contribution in [2.24, 2.45) is 0 Å². The molecule has 0 radical (unpaired) electrons. The van der Waals surface area contributed by atoms with Crippen LogP contribution < -0.4 is 0 Å². The van der Waals surface area contributed by atoms with E-state index in [2.05, 4.69) is 20.3 Å². The van der Waals surface area contributed by atoms with Crippen LogP contribution in [0.2, 0.25) is 0 Å². The van der Waals surface area contributed by atoms with Crippen molar-refractivity contribution in [2.45, 2.75) is 20.5 Å². The van der Waals surface area contributed by atoms with Crippen molar-refractivity contribution >= 4 is 17.1 Å². The van der Waals surface area contributed by atoms with Crippen LogP contribution in [0.4, 0.5) is 0 Å². The molecule has 0 saturated carbocycles. The van der Waals surface area contributed by atoms with Gasteiger partial charge in [-0.2, -0.15) is 4.98 Å². The number of ether oxygens (including phenoxy) is 1. The van der Waals surface area contributed by atoms with Gasteiger partial charge in [-0.25, -0.2) is 9.78 Å². The van der Waals surface area contributed by atoms with Crippen LogP contribution in [-0.4, -0.2) is 26.3 Å². The van der Waals surface area contributed by atoms with Gasteiger partial charge in [-0.1, -0.05) is 58.3 Å². The second-order valence-corrected chi connectivity index (χ2v) is 7.33. The first-order valence-electron chi connectivity index (χ1n) is 9.97. The van der Waals surface area contributed by atoms with Crippen LogP contribution in [-0.2, 0) is 11.3 Å². The largest absolute Gasteiger partial charge is 0.454 e. The Labute approximate surface area is 182 Å². The molecule has 8 heteroatoms. The normalized spacial score (nSPS) is 11.1. The first-order chi connectivity index (χ1) is 15.6. The summed E-state index contributed by atoms with van der Waals surface area (Å²) in [6.45, 7) is 3.61. The molecule has 2 aromatic carbocycles. The predicted octanol–water partition coefficient (Wildman–Crippen LogP) is 4.91. The summed E-state index contributed by atoms with van der Waals surface area (Å²) in [6, 6.07) is 18.9. The number of fused-ring (bicyclic) bond motifs is 1. The highest BCUT2D eigenvalue weighted by Crippen LogP contribution is 2.27. The quantitative estimate of drug-likeness (QED) is 0.365. The van der Waals surface area contributed by atoms with Crippen molar-refractivity contribution in [3.63, 3.8) is 0 Å².